The average Bonchev–Trinajstić information content (AvgIpc) is 3.06. The van der Waals surface area contributed by atoms with Crippen molar-refractivity contribution >= 4 is 23.1 Å². The van der Waals surface area contributed by atoms with Crippen LogP contribution in [0.5, 0.6) is 5.75 Å². The van der Waals surface area contributed by atoms with Gasteiger partial charge in [-0.15, -0.1) is 0 Å². The summed E-state index contributed by atoms with van der Waals surface area (Å²) in [6, 6.07) is 15.2. The number of rotatable bonds is 5. The van der Waals surface area contributed by atoms with Gasteiger partial charge in [-0.3, -0.25) is 9.58 Å². The number of aryl methyl sites for hydroxylation is 1. The first-order valence-corrected chi connectivity index (χ1v) is 10.0. The molecule has 0 spiro atoms. The molecule has 2 aromatic carbocycles. The fourth-order valence-corrected chi connectivity index (χ4v) is 3.58. The third-order valence-corrected chi connectivity index (χ3v) is 5.02. The number of nitrogens with two attached hydrogens (primary N) is 1. The molecule has 4 rings (SSSR count). The van der Waals surface area contributed by atoms with Crippen molar-refractivity contribution < 1.29 is 9.53 Å². The number of para-hydroxylation sites is 2. The molecule has 0 saturated heterocycles. The monoisotopic (exact) mass is 406 g/mol. The van der Waals surface area contributed by atoms with Crippen LogP contribution in [0.2, 0.25) is 0 Å². The van der Waals surface area contributed by atoms with E-state index in [2.05, 4.69) is 15.7 Å². The zero-order valence-electron chi connectivity index (χ0n) is 17.0. The van der Waals surface area contributed by atoms with Gasteiger partial charge in [-0.05, 0) is 42.8 Å². The Morgan fingerprint density at radius 3 is 2.93 bits per heavy atom. The van der Waals surface area contributed by atoms with Crippen molar-refractivity contribution in [2.75, 3.05) is 41.8 Å². The van der Waals surface area contributed by atoms with Crippen molar-refractivity contribution in [2.24, 2.45) is 12.8 Å². The minimum Gasteiger partial charge on any atom is -0.492 e. The summed E-state index contributed by atoms with van der Waals surface area (Å²) in [6.07, 6.45) is 2.60. The van der Waals surface area contributed by atoms with Gasteiger partial charge in [0.05, 0.1) is 17.1 Å². The molecule has 3 aromatic rings. The summed E-state index contributed by atoms with van der Waals surface area (Å²) in [7, 11) is 1.87. The molecular formula is C22H26N6O2. The van der Waals surface area contributed by atoms with Gasteiger partial charge in [0.2, 0.25) is 0 Å². The van der Waals surface area contributed by atoms with E-state index in [0.29, 0.717) is 31.1 Å². The lowest BCUT2D eigenvalue weighted by Gasteiger charge is -2.23. The Morgan fingerprint density at radius 1 is 1.27 bits per heavy atom. The third-order valence-electron chi connectivity index (χ3n) is 5.02. The van der Waals surface area contributed by atoms with E-state index in [1.54, 1.807) is 15.8 Å². The highest BCUT2D eigenvalue weighted by Crippen LogP contribution is 2.33. The lowest BCUT2D eigenvalue weighted by molar-refractivity contribution is 0.257. The van der Waals surface area contributed by atoms with Gasteiger partial charge in [0.15, 0.2) is 0 Å². The highest BCUT2D eigenvalue weighted by atomic mass is 16.5. The number of nitrogens with one attached hydrogen (secondary N) is 2. The summed E-state index contributed by atoms with van der Waals surface area (Å²) >= 11 is 0. The van der Waals surface area contributed by atoms with E-state index >= 15 is 0 Å². The summed E-state index contributed by atoms with van der Waals surface area (Å²) < 4.78 is 7.58. The molecule has 1 aliphatic rings. The fraction of sp³-hybridized carbons (Fsp3) is 0.273. The molecule has 0 aliphatic carbocycles. The number of carbonyl (C=O) groups is 1. The molecule has 0 bridgehead atoms. The van der Waals surface area contributed by atoms with Crippen LogP contribution in [0.4, 0.5) is 21.9 Å². The first kappa shape index (κ1) is 19.8. The summed E-state index contributed by atoms with van der Waals surface area (Å²) in [5.74, 6) is 0.700. The molecule has 0 fully saturated rings. The lowest BCUT2D eigenvalue weighted by atomic mass is 10.1. The van der Waals surface area contributed by atoms with Crippen LogP contribution in [0.15, 0.2) is 54.7 Å². The van der Waals surface area contributed by atoms with E-state index in [9.17, 15) is 4.79 Å². The number of hydrogen-bond acceptors (Lipinski definition) is 5. The van der Waals surface area contributed by atoms with Gasteiger partial charge in [-0.2, -0.15) is 5.10 Å². The smallest absolute Gasteiger partial charge is 0.326 e. The van der Waals surface area contributed by atoms with E-state index in [0.717, 1.165) is 35.6 Å². The maximum atomic E-state index is 13.1. The first-order valence-electron chi connectivity index (χ1n) is 10.0. The molecule has 0 radical (unpaired) electrons. The van der Waals surface area contributed by atoms with Crippen LogP contribution in [-0.2, 0) is 7.05 Å². The minimum absolute atomic E-state index is 0.169. The summed E-state index contributed by atoms with van der Waals surface area (Å²) in [5.41, 5.74) is 9.86. The Bertz CT molecular complexity index is 1030. The highest BCUT2D eigenvalue weighted by Gasteiger charge is 2.21. The number of aromatic nitrogens is 2. The standard InChI is InChI=1S/C22H26N6O2/c1-27-19(9-12-25-27)17-15-16(7-8-21(17)30-14-10-23)26-22(29)28-13-4-11-24-18-5-2-3-6-20(18)28/h2-3,5-9,12,15,24H,4,10-11,13-14,23H2,1H3,(H,26,29). The highest BCUT2D eigenvalue weighted by molar-refractivity contribution is 6.04. The third kappa shape index (κ3) is 4.08. The molecular weight excluding hydrogens is 380 g/mol. The second-order valence-electron chi connectivity index (χ2n) is 7.07. The van der Waals surface area contributed by atoms with Crippen LogP contribution >= 0.6 is 0 Å². The Kier molecular flexibility index (Phi) is 5.85. The molecule has 2 amide bonds. The number of hydrogen-bond donors (Lipinski definition) is 3. The van der Waals surface area contributed by atoms with E-state index < -0.39 is 0 Å². The predicted octanol–water partition coefficient (Wildman–Crippen LogP) is 3.28. The van der Waals surface area contributed by atoms with Gasteiger partial charge >= 0.3 is 6.03 Å². The zero-order chi connectivity index (χ0) is 20.9. The van der Waals surface area contributed by atoms with Gasteiger partial charge in [-0.25, -0.2) is 4.79 Å². The van der Waals surface area contributed by atoms with Crippen molar-refractivity contribution in [1.82, 2.24) is 9.78 Å². The van der Waals surface area contributed by atoms with Crippen molar-refractivity contribution in [3.05, 3.63) is 54.7 Å². The Morgan fingerprint density at radius 2 is 2.13 bits per heavy atom. The second-order valence-corrected chi connectivity index (χ2v) is 7.07. The molecule has 4 N–H and O–H groups in total. The molecule has 0 atom stereocenters. The number of amides is 2. The van der Waals surface area contributed by atoms with Gasteiger partial charge in [0.25, 0.3) is 0 Å². The summed E-state index contributed by atoms with van der Waals surface area (Å²) in [5, 5.41) is 10.7. The van der Waals surface area contributed by atoms with Crippen LogP contribution in [0, 0.1) is 0 Å². The number of nitrogens with zero attached hydrogens (tertiary/aromatic N) is 3. The maximum Gasteiger partial charge on any atom is 0.326 e. The lowest BCUT2D eigenvalue weighted by Crippen LogP contribution is -2.35. The molecule has 1 aliphatic heterocycles. The Labute approximate surface area is 175 Å². The van der Waals surface area contributed by atoms with Crippen LogP contribution in [0.25, 0.3) is 11.3 Å². The number of carbonyl (C=O) groups excluding carboxylic acids is 1. The molecule has 30 heavy (non-hydrogen) atoms. The molecule has 156 valence electrons. The van der Waals surface area contributed by atoms with E-state index in [1.807, 2.05) is 55.6 Å². The van der Waals surface area contributed by atoms with Crippen LogP contribution in [-0.4, -0.2) is 42.1 Å². The normalized spacial score (nSPS) is 13.2. The minimum atomic E-state index is -0.169. The van der Waals surface area contributed by atoms with E-state index in [4.69, 9.17) is 10.5 Å². The Balaban J connectivity index is 1.62. The Hall–Kier alpha value is -3.52. The molecule has 8 nitrogen and oxygen atoms in total. The first-order chi connectivity index (χ1) is 14.7. The molecule has 1 aromatic heterocycles. The average molecular weight is 406 g/mol. The molecule has 0 unspecified atom stereocenters. The maximum absolute atomic E-state index is 13.1. The quantitative estimate of drug-likeness (QED) is 0.604. The zero-order valence-corrected chi connectivity index (χ0v) is 17.0. The SMILES string of the molecule is Cn1nccc1-c1cc(NC(=O)N2CCCNc3ccccc32)ccc1OCCN. The number of anilines is 3. The van der Waals surface area contributed by atoms with Crippen LogP contribution in [0.3, 0.4) is 0 Å². The van der Waals surface area contributed by atoms with Gasteiger partial charge < -0.3 is 21.1 Å². The topological polar surface area (TPSA) is 97.4 Å². The van der Waals surface area contributed by atoms with Gasteiger partial charge in [-0.1, -0.05) is 12.1 Å². The molecule has 2 heterocycles. The summed E-state index contributed by atoms with van der Waals surface area (Å²) in [4.78, 5) is 14.9. The van der Waals surface area contributed by atoms with Crippen molar-refractivity contribution in [3.8, 4) is 17.0 Å². The van der Waals surface area contributed by atoms with Gasteiger partial charge in [0, 0.05) is 44.1 Å². The van der Waals surface area contributed by atoms with E-state index in [-0.39, 0.29) is 6.03 Å². The van der Waals surface area contributed by atoms with Crippen molar-refractivity contribution in [3.63, 3.8) is 0 Å². The fourth-order valence-electron chi connectivity index (χ4n) is 3.58. The second kappa shape index (κ2) is 8.87. The van der Waals surface area contributed by atoms with Gasteiger partial charge in [0.1, 0.15) is 12.4 Å². The predicted molar refractivity (Wildman–Crippen MR) is 119 cm³/mol. The number of ether oxygens (including phenoxy) is 1. The van der Waals surface area contributed by atoms with Crippen LogP contribution in [0.1, 0.15) is 6.42 Å². The number of benzene rings is 2. The molecule has 8 heteroatoms. The molecule has 0 saturated carbocycles. The number of fused-ring (bicyclic) bond motifs is 1. The van der Waals surface area contributed by atoms with Crippen molar-refractivity contribution in [1.29, 1.82) is 0 Å². The van der Waals surface area contributed by atoms with Crippen LogP contribution < -0.4 is 26.0 Å². The largest absolute Gasteiger partial charge is 0.492 e. The number of urea groups is 1. The van der Waals surface area contributed by atoms with E-state index in [1.165, 1.54) is 0 Å². The summed E-state index contributed by atoms with van der Waals surface area (Å²) in [6.45, 7) is 2.31. The van der Waals surface area contributed by atoms with Crippen molar-refractivity contribution in [2.45, 2.75) is 6.42 Å².